The fraction of sp³-hybridized carbons (Fsp3) is 0.954. The van der Waals surface area contributed by atoms with Gasteiger partial charge < -0.3 is 65.1 Å². The number of aliphatic hydroxyl groups excluding tert-OH is 8. The minimum Gasteiger partial charge on any atom is -0.394 e. The predicted octanol–water partition coefficient (Wildman–Crippen LogP) is 12.6. The van der Waals surface area contributed by atoms with E-state index in [9.17, 15) is 45.6 Å². The van der Waals surface area contributed by atoms with Crippen LogP contribution in [0.15, 0.2) is 12.2 Å². The quantitative estimate of drug-likeness (QED) is 0.0204. The summed E-state index contributed by atoms with van der Waals surface area (Å²) in [5.74, 6) is -0.233. The van der Waals surface area contributed by atoms with Crippen LogP contribution in [-0.4, -0.2) is 140 Å². The summed E-state index contributed by atoms with van der Waals surface area (Å²) in [6.07, 6.45) is 44.1. The van der Waals surface area contributed by atoms with E-state index in [0.29, 0.717) is 6.42 Å². The van der Waals surface area contributed by atoms with Crippen LogP contribution in [0.3, 0.4) is 0 Å². The van der Waals surface area contributed by atoms with Crippen molar-refractivity contribution in [2.75, 3.05) is 19.8 Å². The highest BCUT2D eigenvalue weighted by atomic mass is 16.7. The van der Waals surface area contributed by atoms with Crippen LogP contribution in [0.25, 0.3) is 0 Å². The molecule has 12 atom stereocenters. The summed E-state index contributed by atoms with van der Waals surface area (Å²) in [4.78, 5) is 13.3. The molecule has 0 aliphatic carbocycles. The van der Waals surface area contributed by atoms with Gasteiger partial charge in [0.2, 0.25) is 5.91 Å². The predicted molar refractivity (Wildman–Crippen MR) is 319 cm³/mol. The summed E-state index contributed by atoms with van der Waals surface area (Å²) >= 11 is 0. The Morgan fingerprint density at radius 2 is 0.785 bits per heavy atom. The Morgan fingerprint density at radius 3 is 1.16 bits per heavy atom. The molecule has 0 bridgehead atoms. The monoisotopic (exact) mass is 1130 g/mol. The molecule has 12 unspecified atom stereocenters. The molecule has 2 aliphatic heterocycles. The second-order valence-corrected chi connectivity index (χ2v) is 24.0. The van der Waals surface area contributed by atoms with E-state index in [1.807, 2.05) is 6.08 Å². The van der Waals surface area contributed by atoms with Gasteiger partial charge in [0.05, 0.1) is 32.0 Å². The second-order valence-electron chi connectivity index (χ2n) is 24.0. The third-order valence-corrected chi connectivity index (χ3v) is 16.7. The van der Waals surface area contributed by atoms with Gasteiger partial charge in [-0.1, -0.05) is 289 Å². The van der Waals surface area contributed by atoms with Crippen molar-refractivity contribution in [1.82, 2.24) is 5.32 Å². The van der Waals surface area contributed by atoms with Crippen molar-refractivity contribution in [1.29, 1.82) is 0 Å². The minimum atomic E-state index is -1.79. The number of hydrogen-bond acceptors (Lipinski definition) is 13. The first-order valence-corrected chi connectivity index (χ1v) is 33.4. The maximum Gasteiger partial charge on any atom is 0.220 e. The average molecular weight is 1130 g/mol. The standard InChI is InChI=1S/C65H125NO13/c1-3-5-7-9-11-13-15-17-19-21-22-23-24-25-26-27-28-29-30-31-32-33-34-36-38-40-42-44-46-48-54(69)53(66-57(70)49-47-45-43-41-39-37-35-20-18-16-14-12-10-8-6-4-2)52-76-64-62(75)60(73)63(56(51-68)78-64)79-65-61(74)59(72)58(71)55(50-67)77-65/h46,48,53-56,58-65,67-69,71-75H,3-45,47,49-52H2,1-2H3,(H,66,70)/b48-46+. The zero-order valence-corrected chi connectivity index (χ0v) is 50.6. The molecular weight excluding hydrogens is 1000 g/mol. The van der Waals surface area contributed by atoms with Crippen LogP contribution in [0, 0.1) is 0 Å². The molecule has 2 fully saturated rings. The SMILES string of the molecule is CCCCCCCCCCCCCCCCCCCCCCCCCCCCC/C=C/C(O)C(COC1OC(CO)C(OC2OC(CO)C(O)C(O)C2O)C(O)C1O)NC(=O)CCCCCCCCCCCCCCCCCC. The van der Waals surface area contributed by atoms with Gasteiger partial charge in [0.25, 0.3) is 0 Å². The Labute approximate surface area is 482 Å². The first-order chi connectivity index (χ1) is 38.6. The van der Waals surface area contributed by atoms with Crippen molar-refractivity contribution in [3.8, 4) is 0 Å². The molecule has 0 aromatic heterocycles. The highest BCUT2D eigenvalue weighted by Crippen LogP contribution is 2.30. The van der Waals surface area contributed by atoms with E-state index < -0.39 is 86.8 Å². The van der Waals surface area contributed by atoms with Crippen LogP contribution < -0.4 is 5.32 Å². The third kappa shape index (κ3) is 36.2. The van der Waals surface area contributed by atoms with E-state index in [1.54, 1.807) is 6.08 Å². The van der Waals surface area contributed by atoms with Crippen molar-refractivity contribution in [3.63, 3.8) is 0 Å². The number of hydrogen-bond donors (Lipinski definition) is 9. The molecule has 0 aromatic rings. The van der Waals surface area contributed by atoms with Gasteiger partial charge in [-0.3, -0.25) is 4.79 Å². The maximum absolute atomic E-state index is 13.3. The molecule has 0 saturated carbocycles. The van der Waals surface area contributed by atoms with Gasteiger partial charge in [-0.05, 0) is 19.3 Å². The lowest BCUT2D eigenvalue weighted by atomic mass is 9.97. The molecule has 2 saturated heterocycles. The molecule has 1 amide bonds. The number of aliphatic hydroxyl groups is 8. The zero-order valence-electron chi connectivity index (χ0n) is 50.6. The van der Waals surface area contributed by atoms with Gasteiger partial charge in [-0.15, -0.1) is 0 Å². The topological polar surface area (TPSA) is 228 Å². The fourth-order valence-corrected chi connectivity index (χ4v) is 11.4. The Hall–Kier alpha value is -1.27. The highest BCUT2D eigenvalue weighted by Gasteiger charge is 2.51. The Kier molecular flexibility index (Phi) is 47.8. The lowest BCUT2D eigenvalue weighted by Crippen LogP contribution is -2.65. The molecule has 0 aromatic carbocycles. The molecule has 9 N–H and O–H groups in total. The molecule has 2 rings (SSSR count). The molecule has 14 nitrogen and oxygen atoms in total. The summed E-state index contributed by atoms with van der Waals surface area (Å²) in [6, 6.07) is -0.910. The van der Waals surface area contributed by atoms with Crippen LogP contribution in [-0.2, 0) is 23.7 Å². The summed E-state index contributed by atoms with van der Waals surface area (Å²) < 4.78 is 22.8. The van der Waals surface area contributed by atoms with Crippen LogP contribution >= 0.6 is 0 Å². The Morgan fingerprint density at radius 1 is 0.443 bits per heavy atom. The van der Waals surface area contributed by atoms with E-state index in [1.165, 1.54) is 238 Å². The van der Waals surface area contributed by atoms with Gasteiger partial charge >= 0.3 is 0 Å². The summed E-state index contributed by atoms with van der Waals surface area (Å²) in [7, 11) is 0. The van der Waals surface area contributed by atoms with E-state index in [0.717, 1.165) is 38.5 Å². The fourth-order valence-electron chi connectivity index (χ4n) is 11.4. The van der Waals surface area contributed by atoms with Gasteiger partial charge in [-0.25, -0.2) is 0 Å². The molecule has 0 spiro atoms. The van der Waals surface area contributed by atoms with Gasteiger partial charge in [0.15, 0.2) is 12.6 Å². The van der Waals surface area contributed by atoms with Crippen LogP contribution in [0.2, 0.25) is 0 Å². The molecule has 14 heteroatoms. The molecule has 0 radical (unpaired) electrons. The number of ether oxygens (including phenoxy) is 4. The number of nitrogens with one attached hydrogen (secondary N) is 1. The number of carbonyl (C=O) groups excluding carboxylic acids is 1. The normalized spacial score (nSPS) is 24.4. The van der Waals surface area contributed by atoms with Crippen LogP contribution in [0.1, 0.15) is 303 Å². The largest absolute Gasteiger partial charge is 0.394 e. The van der Waals surface area contributed by atoms with E-state index in [4.69, 9.17) is 18.9 Å². The van der Waals surface area contributed by atoms with E-state index in [2.05, 4.69) is 19.2 Å². The third-order valence-electron chi connectivity index (χ3n) is 16.7. The highest BCUT2D eigenvalue weighted by molar-refractivity contribution is 5.76. The van der Waals surface area contributed by atoms with Crippen LogP contribution in [0.5, 0.6) is 0 Å². The molecule has 79 heavy (non-hydrogen) atoms. The molecule has 2 heterocycles. The van der Waals surface area contributed by atoms with E-state index >= 15 is 0 Å². The first-order valence-electron chi connectivity index (χ1n) is 33.4. The summed E-state index contributed by atoms with van der Waals surface area (Å²) in [6.45, 7) is 2.84. The minimum absolute atomic E-state index is 0.233. The lowest BCUT2D eigenvalue weighted by Gasteiger charge is -2.46. The van der Waals surface area contributed by atoms with Gasteiger partial charge in [0.1, 0.15) is 48.8 Å². The van der Waals surface area contributed by atoms with Gasteiger partial charge in [-0.2, -0.15) is 0 Å². The molecular formula is C65H125NO13. The number of rotatable bonds is 55. The molecule has 468 valence electrons. The van der Waals surface area contributed by atoms with E-state index in [-0.39, 0.29) is 18.9 Å². The summed E-state index contributed by atoms with van der Waals surface area (Å²) in [5, 5.41) is 87.3. The van der Waals surface area contributed by atoms with Crippen molar-refractivity contribution < 1.29 is 64.6 Å². The van der Waals surface area contributed by atoms with Crippen molar-refractivity contribution in [3.05, 3.63) is 12.2 Å². The second kappa shape index (κ2) is 51.2. The zero-order chi connectivity index (χ0) is 57.4. The van der Waals surface area contributed by atoms with Crippen molar-refractivity contribution in [2.24, 2.45) is 0 Å². The number of unbranched alkanes of at least 4 members (excludes halogenated alkanes) is 42. The Bertz CT molecular complexity index is 1380. The first kappa shape index (κ1) is 73.8. The number of allylic oxidation sites excluding steroid dienone is 1. The Balaban J connectivity index is 1.68. The van der Waals surface area contributed by atoms with Crippen LogP contribution in [0.4, 0.5) is 0 Å². The molecule has 2 aliphatic rings. The maximum atomic E-state index is 13.3. The smallest absolute Gasteiger partial charge is 0.220 e. The number of amides is 1. The van der Waals surface area contributed by atoms with Gasteiger partial charge in [0, 0.05) is 6.42 Å². The summed E-state index contributed by atoms with van der Waals surface area (Å²) in [5.41, 5.74) is 0. The van der Waals surface area contributed by atoms with Crippen molar-refractivity contribution in [2.45, 2.75) is 376 Å². The average Bonchev–Trinajstić information content (AvgIpc) is 3.47. The number of carbonyl (C=O) groups is 1. The lowest BCUT2D eigenvalue weighted by molar-refractivity contribution is -0.359. The van der Waals surface area contributed by atoms with Crippen molar-refractivity contribution >= 4 is 5.91 Å².